The van der Waals surface area contributed by atoms with E-state index >= 15 is 0 Å². The Balaban J connectivity index is 2.18. The monoisotopic (exact) mass is 441 g/mol. The Morgan fingerprint density at radius 2 is 1.50 bits per heavy atom. The summed E-state index contributed by atoms with van der Waals surface area (Å²) in [6.07, 6.45) is -0.188. The molecule has 0 aliphatic rings. The molecule has 0 aliphatic carbocycles. The number of carbonyl (C=O) groups excluding carboxylic acids is 3. The van der Waals surface area contributed by atoms with Gasteiger partial charge in [-0.05, 0) is 37.3 Å². The first-order valence-electron chi connectivity index (χ1n) is 10.5. The number of benzene rings is 2. The highest BCUT2D eigenvalue weighted by atomic mass is 16.5. The van der Waals surface area contributed by atoms with Gasteiger partial charge in [0, 0.05) is 13.5 Å². The first-order valence-corrected chi connectivity index (χ1v) is 10.5. The number of aliphatic hydroxyl groups is 1. The number of amides is 3. The minimum absolute atomic E-state index is 0.185. The fourth-order valence-corrected chi connectivity index (χ4v) is 3.68. The number of carbonyl (C=O) groups is 3. The fraction of sp³-hybridized carbons (Fsp3) is 0.375. The molecule has 0 aromatic heterocycles. The summed E-state index contributed by atoms with van der Waals surface area (Å²) in [5, 5.41) is 24.6. The number of hydrogen-bond donors (Lipinski definition) is 5. The van der Waals surface area contributed by atoms with E-state index in [1.807, 2.05) is 60.7 Å². The predicted octanol–water partition coefficient (Wildman–Crippen LogP) is 1.36. The lowest BCUT2D eigenvalue weighted by molar-refractivity contribution is -0.147. The van der Waals surface area contributed by atoms with Gasteiger partial charge in [0.15, 0.2) is 0 Å². The zero-order chi connectivity index (χ0) is 23.6. The normalized spacial score (nSPS) is 14.5. The predicted molar refractivity (Wildman–Crippen MR) is 120 cm³/mol. The van der Waals surface area contributed by atoms with Crippen LogP contribution in [0.2, 0.25) is 0 Å². The van der Waals surface area contributed by atoms with Crippen LogP contribution in [-0.2, 0) is 27.2 Å². The maximum absolute atomic E-state index is 13.2. The second kappa shape index (κ2) is 12.0. The van der Waals surface area contributed by atoms with E-state index < -0.39 is 35.3 Å². The van der Waals surface area contributed by atoms with Gasteiger partial charge in [-0.15, -0.1) is 0 Å². The molecular weight excluding hydrogens is 410 g/mol. The summed E-state index contributed by atoms with van der Waals surface area (Å²) in [5.41, 5.74) is 1.99. The van der Waals surface area contributed by atoms with Crippen LogP contribution < -0.4 is 16.1 Å². The van der Waals surface area contributed by atoms with Crippen molar-refractivity contribution >= 4 is 17.7 Å². The van der Waals surface area contributed by atoms with Crippen LogP contribution >= 0.6 is 0 Å². The standard InChI is InChI=1S/C24H31N3O5/c1-24(23(31)25-2,16-18-12-7-4-8-13-18)26-21(29)19(20(28)22(30)27-32)15-9-14-17-10-5-3-6-11-17/h3-8,10-13,19-20,28,32H,9,14-16H2,1-2H3,(H,25,31)(H,26,29)(H,27,30). The van der Waals surface area contributed by atoms with Gasteiger partial charge in [-0.3, -0.25) is 19.6 Å². The molecule has 2 rings (SSSR count). The van der Waals surface area contributed by atoms with E-state index in [0.29, 0.717) is 12.8 Å². The molecule has 0 heterocycles. The van der Waals surface area contributed by atoms with Crippen molar-refractivity contribution in [2.45, 2.75) is 44.2 Å². The first kappa shape index (κ1) is 25.0. The minimum atomic E-state index is -1.76. The van der Waals surface area contributed by atoms with Crippen LogP contribution in [0.3, 0.4) is 0 Å². The average molecular weight is 442 g/mol. The van der Waals surface area contributed by atoms with Gasteiger partial charge in [-0.2, -0.15) is 0 Å². The summed E-state index contributed by atoms with van der Waals surface area (Å²) >= 11 is 0. The Bertz CT molecular complexity index is 891. The lowest BCUT2D eigenvalue weighted by atomic mass is 9.88. The minimum Gasteiger partial charge on any atom is -0.382 e. The topological polar surface area (TPSA) is 128 Å². The Morgan fingerprint density at radius 3 is 2.03 bits per heavy atom. The highest BCUT2D eigenvalue weighted by Crippen LogP contribution is 2.20. The van der Waals surface area contributed by atoms with Crippen LogP contribution in [0.25, 0.3) is 0 Å². The zero-order valence-electron chi connectivity index (χ0n) is 18.4. The number of hydroxylamine groups is 1. The molecule has 5 N–H and O–H groups in total. The Hall–Kier alpha value is -3.23. The van der Waals surface area contributed by atoms with Crippen molar-refractivity contribution in [1.29, 1.82) is 0 Å². The quantitative estimate of drug-likeness (QED) is 0.266. The third-order valence-electron chi connectivity index (χ3n) is 5.45. The van der Waals surface area contributed by atoms with E-state index in [1.54, 1.807) is 6.92 Å². The van der Waals surface area contributed by atoms with E-state index in [0.717, 1.165) is 11.1 Å². The smallest absolute Gasteiger partial charge is 0.272 e. The fourth-order valence-electron chi connectivity index (χ4n) is 3.68. The van der Waals surface area contributed by atoms with Gasteiger partial charge in [0.25, 0.3) is 5.91 Å². The summed E-state index contributed by atoms with van der Waals surface area (Å²) in [6, 6.07) is 18.8. The largest absolute Gasteiger partial charge is 0.382 e. The highest BCUT2D eigenvalue weighted by Gasteiger charge is 2.39. The zero-order valence-corrected chi connectivity index (χ0v) is 18.4. The summed E-state index contributed by atoms with van der Waals surface area (Å²) in [6.45, 7) is 1.59. The second-order valence-corrected chi connectivity index (χ2v) is 7.97. The summed E-state index contributed by atoms with van der Waals surface area (Å²) in [5.74, 6) is -3.27. The van der Waals surface area contributed by atoms with Gasteiger partial charge in [-0.25, -0.2) is 5.48 Å². The van der Waals surface area contributed by atoms with Crippen molar-refractivity contribution in [2.75, 3.05) is 7.05 Å². The number of aliphatic hydroxyl groups excluding tert-OH is 1. The van der Waals surface area contributed by atoms with Crippen LogP contribution in [-0.4, -0.2) is 46.7 Å². The van der Waals surface area contributed by atoms with Gasteiger partial charge in [-0.1, -0.05) is 60.7 Å². The lowest BCUT2D eigenvalue weighted by Crippen LogP contribution is -2.60. The van der Waals surface area contributed by atoms with Crippen LogP contribution in [0.15, 0.2) is 60.7 Å². The molecule has 2 aromatic rings. The maximum atomic E-state index is 13.2. The van der Waals surface area contributed by atoms with Crippen molar-refractivity contribution in [2.24, 2.45) is 5.92 Å². The van der Waals surface area contributed by atoms with Gasteiger partial charge < -0.3 is 15.7 Å². The number of aryl methyl sites for hydroxylation is 1. The summed E-state index contributed by atoms with van der Waals surface area (Å²) < 4.78 is 0. The van der Waals surface area contributed by atoms with E-state index in [2.05, 4.69) is 10.6 Å². The van der Waals surface area contributed by atoms with Gasteiger partial charge >= 0.3 is 0 Å². The second-order valence-electron chi connectivity index (χ2n) is 7.97. The van der Waals surface area contributed by atoms with Crippen molar-refractivity contribution in [3.8, 4) is 0 Å². The molecule has 0 bridgehead atoms. The summed E-state index contributed by atoms with van der Waals surface area (Å²) in [7, 11) is 1.48. The molecule has 0 aliphatic heterocycles. The van der Waals surface area contributed by atoms with E-state index in [9.17, 15) is 19.5 Å². The number of nitrogens with one attached hydrogen (secondary N) is 3. The number of likely N-dealkylation sites (N-methyl/N-ethyl adjacent to an activating group) is 1. The molecule has 8 heteroatoms. The van der Waals surface area contributed by atoms with Crippen molar-refractivity contribution < 1.29 is 24.7 Å². The van der Waals surface area contributed by atoms with Gasteiger partial charge in [0.2, 0.25) is 11.8 Å². The Morgan fingerprint density at radius 1 is 0.938 bits per heavy atom. The van der Waals surface area contributed by atoms with E-state index in [1.165, 1.54) is 12.5 Å². The lowest BCUT2D eigenvalue weighted by Gasteiger charge is -2.32. The number of hydrogen-bond acceptors (Lipinski definition) is 5. The average Bonchev–Trinajstić information content (AvgIpc) is 2.81. The van der Waals surface area contributed by atoms with Crippen molar-refractivity contribution in [1.82, 2.24) is 16.1 Å². The molecule has 172 valence electrons. The van der Waals surface area contributed by atoms with Crippen LogP contribution in [0.1, 0.15) is 30.9 Å². The van der Waals surface area contributed by atoms with Crippen LogP contribution in [0.5, 0.6) is 0 Å². The summed E-state index contributed by atoms with van der Waals surface area (Å²) in [4.78, 5) is 37.7. The molecule has 3 amide bonds. The third kappa shape index (κ3) is 6.90. The van der Waals surface area contributed by atoms with E-state index in [4.69, 9.17) is 5.21 Å². The van der Waals surface area contributed by atoms with Crippen molar-refractivity contribution in [3.05, 3.63) is 71.8 Å². The van der Waals surface area contributed by atoms with Crippen molar-refractivity contribution in [3.63, 3.8) is 0 Å². The molecule has 0 saturated heterocycles. The molecule has 32 heavy (non-hydrogen) atoms. The molecule has 0 fully saturated rings. The SMILES string of the molecule is CNC(=O)C(C)(Cc1ccccc1)NC(=O)C(CCCc1ccccc1)C(O)C(=O)NO. The van der Waals surface area contributed by atoms with Crippen LogP contribution in [0.4, 0.5) is 0 Å². The first-order chi connectivity index (χ1) is 15.3. The molecule has 3 unspecified atom stereocenters. The van der Waals surface area contributed by atoms with Crippen LogP contribution in [0, 0.1) is 5.92 Å². The molecule has 0 saturated carbocycles. The van der Waals surface area contributed by atoms with E-state index in [-0.39, 0.29) is 12.8 Å². The Kier molecular flexibility index (Phi) is 9.37. The van der Waals surface area contributed by atoms with Gasteiger partial charge in [0.1, 0.15) is 11.6 Å². The molecule has 2 aromatic carbocycles. The van der Waals surface area contributed by atoms with Gasteiger partial charge in [0.05, 0.1) is 5.92 Å². The Labute approximate surface area is 188 Å². The molecule has 8 nitrogen and oxygen atoms in total. The molecular formula is C24H31N3O5. The number of rotatable bonds is 11. The molecule has 0 radical (unpaired) electrons. The molecule has 3 atom stereocenters. The molecule has 0 spiro atoms. The third-order valence-corrected chi connectivity index (χ3v) is 5.45. The maximum Gasteiger partial charge on any atom is 0.272 e. The highest BCUT2D eigenvalue weighted by molar-refractivity contribution is 5.94.